The number of aliphatic hydroxyl groups excluding tert-OH is 1. The number of hydrogen-bond donors (Lipinski definition) is 2. The van der Waals surface area contributed by atoms with Crippen LogP contribution in [-0.2, 0) is 17.6 Å². The number of H-pyrrole nitrogens is 1. The van der Waals surface area contributed by atoms with Crippen LogP contribution in [-0.4, -0.2) is 44.6 Å². The van der Waals surface area contributed by atoms with Crippen LogP contribution in [0.4, 0.5) is 0 Å². The van der Waals surface area contributed by atoms with E-state index in [1.807, 2.05) is 23.1 Å². The zero-order valence-corrected chi connectivity index (χ0v) is 13.2. The molecule has 23 heavy (non-hydrogen) atoms. The van der Waals surface area contributed by atoms with Gasteiger partial charge in [0.25, 0.3) is 0 Å². The van der Waals surface area contributed by atoms with Crippen molar-refractivity contribution in [2.45, 2.75) is 37.6 Å². The Morgan fingerprint density at radius 1 is 1.35 bits per heavy atom. The molecule has 1 amide bonds. The molecule has 0 aliphatic carbocycles. The molecule has 5 nitrogen and oxygen atoms in total. The largest absolute Gasteiger partial charge is 0.394 e. The zero-order valence-electron chi connectivity index (χ0n) is 13.2. The molecule has 1 fully saturated rings. The van der Waals surface area contributed by atoms with Gasteiger partial charge in [0.2, 0.25) is 5.91 Å². The molecule has 3 rings (SSSR count). The first-order valence-electron chi connectivity index (χ1n) is 8.16. The van der Waals surface area contributed by atoms with Crippen LogP contribution in [0.25, 0.3) is 0 Å². The van der Waals surface area contributed by atoms with Crippen molar-refractivity contribution in [2.24, 2.45) is 0 Å². The number of likely N-dealkylation sites (tertiary alicyclic amines) is 1. The van der Waals surface area contributed by atoms with E-state index in [0.29, 0.717) is 19.3 Å². The van der Waals surface area contributed by atoms with E-state index in [1.165, 1.54) is 0 Å². The minimum atomic E-state index is -0.452. The topological polar surface area (TPSA) is 69.2 Å². The average Bonchev–Trinajstić information content (AvgIpc) is 3.23. The molecule has 1 saturated heterocycles. The molecule has 2 heterocycles. The van der Waals surface area contributed by atoms with Crippen molar-refractivity contribution in [2.75, 3.05) is 13.2 Å². The maximum absolute atomic E-state index is 12.7. The van der Waals surface area contributed by atoms with Gasteiger partial charge in [0.15, 0.2) is 0 Å². The van der Waals surface area contributed by atoms with Crippen molar-refractivity contribution >= 4 is 5.91 Å². The summed E-state index contributed by atoms with van der Waals surface area (Å²) < 4.78 is 0. The third-order valence-corrected chi connectivity index (χ3v) is 4.73. The predicted molar refractivity (Wildman–Crippen MR) is 87.8 cm³/mol. The molecule has 1 aromatic heterocycles. The van der Waals surface area contributed by atoms with Gasteiger partial charge in [0, 0.05) is 24.9 Å². The number of aromatic nitrogens is 2. The van der Waals surface area contributed by atoms with Crippen LogP contribution in [0, 0.1) is 0 Å². The number of benzene rings is 1. The van der Waals surface area contributed by atoms with Crippen LogP contribution in [0.2, 0.25) is 0 Å². The maximum atomic E-state index is 12.7. The summed E-state index contributed by atoms with van der Waals surface area (Å²) >= 11 is 0. The fraction of sp³-hybridized carbons (Fsp3) is 0.444. The Morgan fingerprint density at radius 3 is 2.87 bits per heavy atom. The SMILES string of the molecule is O=C(CCc1cnc[nH]1)N1CCCC1(CO)Cc1ccccc1. The Hall–Kier alpha value is -2.14. The number of rotatable bonds is 6. The first-order valence-corrected chi connectivity index (χ1v) is 8.16. The van der Waals surface area contributed by atoms with Gasteiger partial charge in [-0.2, -0.15) is 0 Å². The molecule has 0 radical (unpaired) electrons. The van der Waals surface area contributed by atoms with Crippen molar-refractivity contribution in [3.05, 3.63) is 54.1 Å². The van der Waals surface area contributed by atoms with Crippen LogP contribution in [0.5, 0.6) is 0 Å². The third kappa shape index (κ3) is 3.45. The van der Waals surface area contributed by atoms with Crippen molar-refractivity contribution in [3.63, 3.8) is 0 Å². The molecule has 1 unspecified atom stereocenters. The number of carbonyl (C=O) groups is 1. The Bertz CT molecular complexity index is 627. The number of nitrogens with one attached hydrogen (secondary N) is 1. The highest BCUT2D eigenvalue weighted by Gasteiger charge is 2.42. The van der Waals surface area contributed by atoms with Crippen molar-refractivity contribution in [1.29, 1.82) is 0 Å². The van der Waals surface area contributed by atoms with Gasteiger partial charge < -0.3 is 15.0 Å². The molecule has 5 heteroatoms. The van der Waals surface area contributed by atoms with Gasteiger partial charge in [-0.05, 0) is 31.2 Å². The highest BCUT2D eigenvalue weighted by molar-refractivity contribution is 5.77. The number of aliphatic hydroxyl groups is 1. The molecule has 2 aromatic rings. The van der Waals surface area contributed by atoms with Crippen LogP contribution in [0.3, 0.4) is 0 Å². The average molecular weight is 313 g/mol. The summed E-state index contributed by atoms with van der Waals surface area (Å²) in [4.78, 5) is 21.6. The molecule has 1 atom stereocenters. The van der Waals surface area contributed by atoms with E-state index in [9.17, 15) is 9.90 Å². The Labute approximate surface area is 136 Å². The lowest BCUT2D eigenvalue weighted by atomic mass is 9.88. The predicted octanol–water partition coefficient (Wildman–Crippen LogP) is 1.94. The highest BCUT2D eigenvalue weighted by Crippen LogP contribution is 2.33. The summed E-state index contributed by atoms with van der Waals surface area (Å²) in [6.45, 7) is 0.743. The highest BCUT2D eigenvalue weighted by atomic mass is 16.3. The fourth-order valence-electron chi connectivity index (χ4n) is 3.51. The van der Waals surface area contributed by atoms with Gasteiger partial charge >= 0.3 is 0 Å². The van der Waals surface area contributed by atoms with Crippen LogP contribution in [0.1, 0.15) is 30.5 Å². The van der Waals surface area contributed by atoms with Crippen LogP contribution < -0.4 is 0 Å². The van der Waals surface area contributed by atoms with E-state index in [-0.39, 0.29) is 12.5 Å². The molecule has 0 bridgehead atoms. The van der Waals surface area contributed by atoms with E-state index >= 15 is 0 Å². The Balaban J connectivity index is 1.70. The molecular weight excluding hydrogens is 290 g/mol. The molecule has 0 saturated carbocycles. The summed E-state index contributed by atoms with van der Waals surface area (Å²) in [7, 11) is 0. The second-order valence-corrected chi connectivity index (χ2v) is 6.27. The van der Waals surface area contributed by atoms with E-state index in [0.717, 1.165) is 30.6 Å². The number of hydrogen-bond acceptors (Lipinski definition) is 3. The minimum Gasteiger partial charge on any atom is -0.394 e. The lowest BCUT2D eigenvalue weighted by Crippen LogP contribution is -2.51. The monoisotopic (exact) mass is 313 g/mol. The molecule has 0 spiro atoms. The minimum absolute atomic E-state index is 0.0116. The van der Waals surface area contributed by atoms with Gasteiger partial charge in [-0.25, -0.2) is 4.98 Å². The first-order chi connectivity index (χ1) is 11.2. The van der Waals surface area contributed by atoms with Crippen LogP contribution in [0.15, 0.2) is 42.9 Å². The Morgan fingerprint density at radius 2 is 2.17 bits per heavy atom. The second kappa shape index (κ2) is 6.96. The number of amides is 1. The summed E-state index contributed by atoms with van der Waals surface area (Å²) in [6, 6.07) is 10.1. The first kappa shape index (κ1) is 15.7. The smallest absolute Gasteiger partial charge is 0.223 e. The lowest BCUT2D eigenvalue weighted by Gasteiger charge is -2.37. The summed E-state index contributed by atoms with van der Waals surface area (Å²) in [5.41, 5.74) is 1.68. The molecule has 1 aliphatic rings. The van der Waals surface area contributed by atoms with E-state index in [4.69, 9.17) is 0 Å². The second-order valence-electron chi connectivity index (χ2n) is 6.27. The molecule has 1 aromatic carbocycles. The lowest BCUT2D eigenvalue weighted by molar-refractivity contribution is -0.136. The van der Waals surface area contributed by atoms with Crippen molar-refractivity contribution < 1.29 is 9.90 Å². The van der Waals surface area contributed by atoms with Gasteiger partial charge in [0.1, 0.15) is 0 Å². The van der Waals surface area contributed by atoms with Gasteiger partial charge in [0.05, 0.1) is 18.5 Å². The van der Waals surface area contributed by atoms with E-state index in [1.54, 1.807) is 12.5 Å². The number of nitrogens with zero attached hydrogens (tertiary/aromatic N) is 2. The van der Waals surface area contributed by atoms with Gasteiger partial charge in [-0.15, -0.1) is 0 Å². The van der Waals surface area contributed by atoms with E-state index < -0.39 is 5.54 Å². The number of aromatic amines is 1. The number of imidazole rings is 1. The van der Waals surface area contributed by atoms with E-state index in [2.05, 4.69) is 22.1 Å². The maximum Gasteiger partial charge on any atom is 0.223 e. The quantitative estimate of drug-likeness (QED) is 0.856. The van der Waals surface area contributed by atoms with Crippen molar-refractivity contribution in [1.82, 2.24) is 14.9 Å². The molecular formula is C18H23N3O2. The van der Waals surface area contributed by atoms with Crippen molar-refractivity contribution in [3.8, 4) is 0 Å². The summed E-state index contributed by atoms with van der Waals surface area (Å²) in [6.07, 6.45) is 6.99. The molecule has 2 N–H and O–H groups in total. The summed E-state index contributed by atoms with van der Waals surface area (Å²) in [5, 5.41) is 10.0. The Kier molecular flexibility index (Phi) is 4.76. The van der Waals surface area contributed by atoms with Crippen LogP contribution >= 0.6 is 0 Å². The van der Waals surface area contributed by atoms with Gasteiger partial charge in [-0.3, -0.25) is 4.79 Å². The number of carbonyl (C=O) groups excluding carboxylic acids is 1. The van der Waals surface area contributed by atoms with Gasteiger partial charge in [-0.1, -0.05) is 30.3 Å². The number of aryl methyl sites for hydroxylation is 1. The summed E-state index contributed by atoms with van der Waals surface area (Å²) in [5.74, 6) is 0.113. The molecule has 122 valence electrons. The molecule has 1 aliphatic heterocycles. The third-order valence-electron chi connectivity index (χ3n) is 4.73. The normalized spacial score (nSPS) is 20.8. The standard InChI is InChI=1S/C18H23N3O2/c22-13-18(11-15-5-2-1-3-6-15)9-4-10-21(18)17(23)8-7-16-12-19-14-20-16/h1-3,5-6,12,14,22H,4,7-11,13H2,(H,19,20). The fourth-order valence-corrected chi connectivity index (χ4v) is 3.51. The zero-order chi connectivity index (χ0) is 16.1.